The quantitative estimate of drug-likeness (QED) is 0.0565. The number of hydrogen-bond acceptors (Lipinski definition) is 15. The molecular formula is C25H22N10O8S3. The minimum Gasteiger partial charge on any atom is -0.503 e. The summed E-state index contributed by atoms with van der Waals surface area (Å²) < 4.78 is 1.74. The molecule has 238 valence electrons. The monoisotopic (exact) mass is 686 g/mol. The van der Waals surface area contributed by atoms with E-state index in [1.54, 1.807) is 13.0 Å². The highest BCUT2D eigenvalue weighted by Gasteiger charge is 2.54. The smallest absolute Gasteiger partial charge is 0.352 e. The Morgan fingerprint density at radius 1 is 1.24 bits per heavy atom. The summed E-state index contributed by atoms with van der Waals surface area (Å²) >= 11 is 3.55. The molecule has 46 heavy (non-hydrogen) atoms. The van der Waals surface area contributed by atoms with Crippen molar-refractivity contribution in [2.45, 2.75) is 29.4 Å². The molecular weight excluding hydrogens is 665 g/mol. The van der Waals surface area contributed by atoms with Crippen molar-refractivity contribution in [2.24, 2.45) is 0 Å². The highest BCUT2D eigenvalue weighted by Crippen LogP contribution is 2.42. The Kier molecular flexibility index (Phi) is 8.04. The molecule has 0 bridgehead atoms. The lowest BCUT2D eigenvalue weighted by atomic mass is 10.0. The van der Waals surface area contributed by atoms with Gasteiger partial charge in [0.2, 0.25) is 11.3 Å². The summed E-state index contributed by atoms with van der Waals surface area (Å²) in [6, 6.07) is -0.210. The minimum absolute atomic E-state index is 0.0113. The standard InChI is InChI=1S/C25H22N10O8S3/c1-9-2-15(35-25(29-9)27-8-28-35)44-5-10-6-45-22-17(21(40)34(22)18(10)23(41)42)32-20(39)16(11-7-46-24(26)30-11)31-19(38)12-3-13(36)14(37)4-33(12)43/h2-4,7-8,16-17,22,37,43H,5-6H2,1H3,(H2,26,30)(H,31,38)(H,32,39)(H,41,42)/t16?,17-,22-/m1/s1. The number of aromatic hydroxyl groups is 1. The van der Waals surface area contributed by atoms with E-state index in [0.29, 0.717) is 34.3 Å². The van der Waals surface area contributed by atoms with Gasteiger partial charge in [0, 0.05) is 28.6 Å². The van der Waals surface area contributed by atoms with Crippen LogP contribution in [0.2, 0.25) is 0 Å². The van der Waals surface area contributed by atoms with Crippen LogP contribution in [-0.4, -0.2) is 96.2 Å². The SMILES string of the molecule is Cc1cc(SCC2=C(C(=O)O)N3C(=O)[C@@H](NC(=O)C(NC(=O)c4cc(=O)c(O)cn4O)c4csc(N)n4)[C@H]3SC2)n2ncnc2n1. The number of carboxylic acid groups (broad SMARTS) is 1. The highest BCUT2D eigenvalue weighted by atomic mass is 32.2. The maximum absolute atomic E-state index is 13.5. The summed E-state index contributed by atoms with van der Waals surface area (Å²) in [7, 11) is 0. The number of carbonyl (C=O) groups excluding carboxylic acids is 3. The Balaban J connectivity index is 1.20. The molecule has 3 amide bonds. The number of carbonyl (C=O) groups is 4. The average Bonchev–Trinajstić information content (AvgIpc) is 3.67. The van der Waals surface area contributed by atoms with Crippen molar-refractivity contribution in [2.75, 3.05) is 17.2 Å². The summed E-state index contributed by atoms with van der Waals surface area (Å²) in [4.78, 5) is 77.6. The highest BCUT2D eigenvalue weighted by molar-refractivity contribution is 8.01. The van der Waals surface area contributed by atoms with Gasteiger partial charge in [-0.2, -0.15) is 19.3 Å². The lowest BCUT2D eigenvalue weighted by molar-refractivity contribution is -0.151. The number of nitrogens with one attached hydrogen (secondary N) is 2. The Bertz CT molecular complexity index is 2020. The number of fused-ring (bicyclic) bond motifs is 2. The zero-order chi connectivity index (χ0) is 32.9. The van der Waals surface area contributed by atoms with E-state index in [9.17, 15) is 39.4 Å². The summed E-state index contributed by atoms with van der Waals surface area (Å²) in [6.07, 6.45) is 1.97. The first-order valence-electron chi connectivity index (χ1n) is 13.1. The molecule has 6 rings (SSSR count). The lowest BCUT2D eigenvalue weighted by Crippen LogP contribution is -2.71. The number of aryl methyl sites for hydroxylation is 1. The number of thioether (sulfide) groups is 2. The summed E-state index contributed by atoms with van der Waals surface area (Å²) in [6.45, 7) is 1.80. The van der Waals surface area contributed by atoms with E-state index in [0.717, 1.165) is 16.2 Å². The van der Waals surface area contributed by atoms with Crippen LogP contribution in [-0.2, 0) is 14.4 Å². The Morgan fingerprint density at radius 3 is 2.74 bits per heavy atom. The fourth-order valence-corrected chi connectivity index (χ4v) is 7.92. The van der Waals surface area contributed by atoms with Gasteiger partial charge in [0.25, 0.3) is 17.6 Å². The fraction of sp³-hybridized carbons (Fsp3) is 0.240. The number of β-lactam (4-membered cyclic amide) rings is 1. The molecule has 0 spiro atoms. The van der Waals surface area contributed by atoms with Crippen LogP contribution >= 0.6 is 34.9 Å². The van der Waals surface area contributed by atoms with Gasteiger partial charge in [0.05, 0.1) is 11.9 Å². The van der Waals surface area contributed by atoms with Crippen molar-refractivity contribution in [1.82, 2.24) is 44.8 Å². The normalized spacial score (nSPS) is 18.2. The molecule has 1 unspecified atom stereocenters. The van der Waals surface area contributed by atoms with Crippen molar-refractivity contribution in [1.29, 1.82) is 0 Å². The number of hydrogen-bond donors (Lipinski definition) is 6. The van der Waals surface area contributed by atoms with Crippen molar-refractivity contribution >= 4 is 69.5 Å². The van der Waals surface area contributed by atoms with E-state index in [-0.39, 0.29) is 32.8 Å². The van der Waals surface area contributed by atoms with Gasteiger partial charge in [-0.25, -0.2) is 14.8 Å². The van der Waals surface area contributed by atoms with Gasteiger partial charge < -0.3 is 31.8 Å². The fourth-order valence-electron chi connectivity index (χ4n) is 4.79. The molecule has 21 heteroatoms. The first-order chi connectivity index (χ1) is 21.9. The predicted molar refractivity (Wildman–Crippen MR) is 162 cm³/mol. The van der Waals surface area contributed by atoms with Crippen LogP contribution in [0.15, 0.2) is 51.1 Å². The first kappa shape index (κ1) is 30.9. The third kappa shape index (κ3) is 5.58. The molecule has 2 aliphatic heterocycles. The number of carboxylic acids is 1. The minimum atomic E-state index is -1.53. The van der Waals surface area contributed by atoms with Crippen LogP contribution < -0.4 is 21.8 Å². The van der Waals surface area contributed by atoms with E-state index in [4.69, 9.17) is 5.73 Å². The van der Waals surface area contributed by atoms with Crippen LogP contribution in [0.5, 0.6) is 5.75 Å². The van der Waals surface area contributed by atoms with Gasteiger partial charge in [-0.15, -0.1) is 34.9 Å². The molecule has 7 N–H and O–H groups in total. The van der Waals surface area contributed by atoms with Gasteiger partial charge in [-0.3, -0.25) is 24.1 Å². The number of aliphatic carboxylic acids is 1. The van der Waals surface area contributed by atoms with Crippen molar-refractivity contribution in [3.63, 3.8) is 0 Å². The molecule has 1 saturated heterocycles. The van der Waals surface area contributed by atoms with Gasteiger partial charge in [-0.1, -0.05) is 0 Å². The third-order valence-electron chi connectivity index (χ3n) is 6.91. The number of nitrogen functional groups attached to an aromatic ring is 1. The maximum Gasteiger partial charge on any atom is 0.352 e. The Labute approximate surface area is 269 Å². The molecule has 4 aromatic heterocycles. The zero-order valence-corrected chi connectivity index (χ0v) is 25.8. The molecule has 18 nitrogen and oxygen atoms in total. The number of amides is 3. The zero-order valence-electron chi connectivity index (χ0n) is 23.3. The molecule has 2 aliphatic rings. The molecule has 1 fully saturated rings. The van der Waals surface area contributed by atoms with E-state index < -0.39 is 58.0 Å². The second-order valence-corrected chi connectivity index (χ2v) is 12.9. The summed E-state index contributed by atoms with van der Waals surface area (Å²) in [5, 5.41) is 40.1. The lowest BCUT2D eigenvalue weighted by Gasteiger charge is -2.49. The number of anilines is 1. The maximum atomic E-state index is 13.5. The topological polar surface area (TPSA) is 260 Å². The first-order valence-corrected chi connectivity index (χ1v) is 16.0. The van der Waals surface area contributed by atoms with Crippen molar-refractivity contribution in [3.05, 3.63) is 68.6 Å². The summed E-state index contributed by atoms with van der Waals surface area (Å²) in [5.41, 5.74) is 5.21. The number of rotatable bonds is 9. The Hall–Kier alpha value is -5.15. The third-order valence-corrected chi connectivity index (χ3v) is 10.0. The molecule has 6 heterocycles. The van der Waals surface area contributed by atoms with E-state index in [1.165, 1.54) is 39.7 Å². The molecule has 0 radical (unpaired) electrons. The molecule has 3 atom stereocenters. The van der Waals surface area contributed by atoms with Crippen molar-refractivity contribution in [3.8, 4) is 5.75 Å². The molecule has 0 aliphatic carbocycles. The van der Waals surface area contributed by atoms with Crippen LogP contribution in [0.1, 0.15) is 27.9 Å². The molecule has 0 aromatic carbocycles. The second kappa shape index (κ2) is 12.0. The van der Waals surface area contributed by atoms with Crippen LogP contribution in [0.4, 0.5) is 5.13 Å². The molecule has 4 aromatic rings. The number of nitrogens with two attached hydrogens (primary N) is 1. The van der Waals surface area contributed by atoms with Gasteiger partial charge >= 0.3 is 5.97 Å². The second-order valence-electron chi connectivity index (χ2n) is 9.92. The largest absolute Gasteiger partial charge is 0.503 e. The van der Waals surface area contributed by atoms with Gasteiger partial charge in [0.1, 0.15) is 34.2 Å². The number of aromatic nitrogens is 6. The van der Waals surface area contributed by atoms with E-state index >= 15 is 0 Å². The molecule has 0 saturated carbocycles. The number of nitrogens with zero attached hydrogens (tertiary/aromatic N) is 7. The average molecular weight is 687 g/mol. The number of pyridine rings is 1. The van der Waals surface area contributed by atoms with E-state index in [1.807, 2.05) is 0 Å². The Morgan fingerprint density at radius 2 is 2.02 bits per heavy atom. The summed E-state index contributed by atoms with van der Waals surface area (Å²) in [5.74, 6) is -3.87. The van der Waals surface area contributed by atoms with Crippen LogP contribution in [0.3, 0.4) is 0 Å². The van der Waals surface area contributed by atoms with Crippen LogP contribution in [0.25, 0.3) is 5.78 Å². The van der Waals surface area contributed by atoms with Crippen molar-refractivity contribution < 1.29 is 34.6 Å². The van der Waals surface area contributed by atoms with E-state index in [2.05, 4.69) is 30.7 Å². The predicted octanol–water partition coefficient (Wildman–Crippen LogP) is -0.422. The van der Waals surface area contributed by atoms with Gasteiger partial charge in [-0.05, 0) is 18.6 Å². The number of thiazole rings is 1. The van der Waals surface area contributed by atoms with Crippen LogP contribution in [0, 0.1) is 6.92 Å². The van der Waals surface area contributed by atoms with Gasteiger partial charge in [0.15, 0.2) is 16.9 Å².